The molecule has 0 fully saturated rings. The normalized spacial score (nSPS) is 9.92. The summed E-state index contributed by atoms with van der Waals surface area (Å²) in [6.45, 7) is 6.33. The van der Waals surface area contributed by atoms with E-state index in [2.05, 4.69) is 12.2 Å². The number of unbranched alkanes of at least 4 members (excludes halogenated alkanes) is 1. The molecule has 0 aliphatic heterocycles. The van der Waals surface area contributed by atoms with Crippen LogP contribution in [0.25, 0.3) is 0 Å². The quantitative estimate of drug-likeness (QED) is 0.644. The molecular weight excluding hydrogens is 152 g/mol. The number of nitrogens with zero attached hydrogens (tertiary/aromatic N) is 1. The van der Waals surface area contributed by atoms with Crippen molar-refractivity contribution in [3.05, 3.63) is 0 Å². The summed E-state index contributed by atoms with van der Waals surface area (Å²) in [6, 6.07) is 0. The molecule has 0 unspecified atom stereocenters. The van der Waals surface area contributed by atoms with Crippen LogP contribution in [0.1, 0.15) is 26.7 Å². The zero-order valence-corrected chi connectivity index (χ0v) is 8.39. The first-order chi connectivity index (χ1) is 5.72. The number of carbonyl (C=O) groups is 1. The van der Waals surface area contributed by atoms with Gasteiger partial charge in [-0.2, -0.15) is 0 Å². The van der Waals surface area contributed by atoms with Gasteiger partial charge in [0.1, 0.15) is 0 Å². The van der Waals surface area contributed by atoms with Crippen LogP contribution in [0.3, 0.4) is 0 Å². The van der Waals surface area contributed by atoms with Gasteiger partial charge < -0.3 is 10.2 Å². The molecule has 3 heteroatoms. The molecule has 0 saturated heterocycles. The highest BCUT2D eigenvalue weighted by Gasteiger charge is 2.05. The summed E-state index contributed by atoms with van der Waals surface area (Å²) in [5, 5.41) is 3.01. The molecule has 0 aliphatic carbocycles. The fraction of sp³-hybridized carbons (Fsp3) is 0.889. The van der Waals surface area contributed by atoms with Gasteiger partial charge in [0.15, 0.2) is 0 Å². The van der Waals surface area contributed by atoms with Crippen molar-refractivity contribution < 1.29 is 4.79 Å². The molecule has 0 aromatic heterocycles. The second kappa shape index (κ2) is 7.10. The molecule has 0 heterocycles. The summed E-state index contributed by atoms with van der Waals surface area (Å²) in [4.78, 5) is 13.1. The van der Waals surface area contributed by atoms with Crippen molar-refractivity contribution in [2.75, 3.05) is 26.7 Å². The van der Waals surface area contributed by atoms with Crippen molar-refractivity contribution in [3.63, 3.8) is 0 Å². The Bertz CT molecular complexity index is 126. The van der Waals surface area contributed by atoms with Gasteiger partial charge in [-0.15, -0.1) is 0 Å². The third kappa shape index (κ3) is 5.13. The van der Waals surface area contributed by atoms with Crippen molar-refractivity contribution in [2.45, 2.75) is 26.7 Å². The van der Waals surface area contributed by atoms with Gasteiger partial charge in [-0.05, 0) is 13.0 Å². The molecule has 12 heavy (non-hydrogen) atoms. The van der Waals surface area contributed by atoms with E-state index in [1.165, 1.54) is 0 Å². The van der Waals surface area contributed by atoms with E-state index in [4.69, 9.17) is 0 Å². The summed E-state index contributed by atoms with van der Waals surface area (Å²) in [5.74, 6) is 0.185. The predicted octanol–water partition coefficient (Wildman–Crippen LogP) is 0.854. The van der Waals surface area contributed by atoms with Crippen LogP contribution < -0.4 is 5.32 Å². The fourth-order valence-corrected chi connectivity index (χ4v) is 0.887. The first-order valence-electron chi connectivity index (χ1n) is 4.67. The Morgan fingerprint density at radius 3 is 2.58 bits per heavy atom. The van der Waals surface area contributed by atoms with E-state index < -0.39 is 0 Å². The molecule has 0 bridgehead atoms. The maximum atomic E-state index is 11.3. The van der Waals surface area contributed by atoms with Crippen LogP contribution in [-0.2, 0) is 4.79 Å². The molecule has 0 saturated carbocycles. The number of carbonyl (C=O) groups excluding carboxylic acids is 1. The molecule has 1 N–H and O–H groups in total. The Morgan fingerprint density at radius 2 is 2.08 bits per heavy atom. The van der Waals surface area contributed by atoms with E-state index in [9.17, 15) is 4.79 Å². The Morgan fingerprint density at radius 1 is 1.42 bits per heavy atom. The third-order valence-corrected chi connectivity index (χ3v) is 1.80. The van der Waals surface area contributed by atoms with Gasteiger partial charge in [-0.25, -0.2) is 0 Å². The predicted molar refractivity (Wildman–Crippen MR) is 51.1 cm³/mol. The molecule has 0 rings (SSSR count). The molecule has 0 aromatic carbocycles. The number of nitrogens with one attached hydrogen (secondary N) is 1. The second-order valence-electron chi connectivity index (χ2n) is 2.95. The van der Waals surface area contributed by atoms with Crippen LogP contribution in [0.4, 0.5) is 0 Å². The Balaban J connectivity index is 3.47. The van der Waals surface area contributed by atoms with Crippen LogP contribution in [0.15, 0.2) is 0 Å². The molecule has 0 radical (unpaired) electrons. The van der Waals surface area contributed by atoms with Crippen LogP contribution in [-0.4, -0.2) is 37.5 Å². The van der Waals surface area contributed by atoms with Gasteiger partial charge >= 0.3 is 0 Å². The van der Waals surface area contributed by atoms with E-state index in [1.807, 2.05) is 14.0 Å². The minimum atomic E-state index is 0.185. The van der Waals surface area contributed by atoms with Crippen LogP contribution in [0, 0.1) is 0 Å². The maximum Gasteiger partial charge on any atom is 0.236 e. The molecule has 0 atom stereocenters. The van der Waals surface area contributed by atoms with Gasteiger partial charge in [0.05, 0.1) is 6.54 Å². The summed E-state index contributed by atoms with van der Waals surface area (Å²) in [6.07, 6.45) is 2.23. The third-order valence-electron chi connectivity index (χ3n) is 1.80. The number of likely N-dealkylation sites (N-methyl/N-ethyl adjacent to an activating group) is 2. The van der Waals surface area contributed by atoms with E-state index in [1.54, 1.807) is 4.90 Å². The largest absolute Gasteiger partial charge is 0.345 e. The van der Waals surface area contributed by atoms with Crippen molar-refractivity contribution >= 4 is 5.91 Å². The molecule has 3 nitrogen and oxygen atoms in total. The highest BCUT2D eigenvalue weighted by Crippen LogP contribution is 1.91. The summed E-state index contributed by atoms with van der Waals surface area (Å²) < 4.78 is 0. The Labute approximate surface area is 75.1 Å². The minimum absolute atomic E-state index is 0.185. The van der Waals surface area contributed by atoms with Crippen LogP contribution in [0.5, 0.6) is 0 Å². The van der Waals surface area contributed by atoms with E-state index in [-0.39, 0.29) is 5.91 Å². The highest BCUT2D eigenvalue weighted by molar-refractivity contribution is 5.77. The summed E-state index contributed by atoms with van der Waals surface area (Å²) in [7, 11) is 1.86. The first kappa shape index (κ1) is 11.4. The minimum Gasteiger partial charge on any atom is -0.345 e. The number of hydrogen-bond donors (Lipinski definition) is 1. The molecular formula is C9H20N2O. The Kier molecular flexibility index (Phi) is 6.76. The van der Waals surface area contributed by atoms with Crippen LogP contribution in [0.2, 0.25) is 0 Å². The SMILES string of the molecule is CCCCN(C)C(=O)CNCC. The van der Waals surface area contributed by atoms with E-state index in [0.717, 1.165) is 25.9 Å². The molecule has 0 aliphatic rings. The highest BCUT2D eigenvalue weighted by atomic mass is 16.2. The van der Waals surface area contributed by atoms with E-state index in [0.29, 0.717) is 6.54 Å². The lowest BCUT2D eigenvalue weighted by Crippen LogP contribution is -2.35. The van der Waals surface area contributed by atoms with Gasteiger partial charge in [0.25, 0.3) is 0 Å². The summed E-state index contributed by atoms with van der Waals surface area (Å²) >= 11 is 0. The van der Waals surface area contributed by atoms with Gasteiger partial charge in [-0.3, -0.25) is 4.79 Å². The van der Waals surface area contributed by atoms with E-state index >= 15 is 0 Å². The van der Waals surface area contributed by atoms with Crippen molar-refractivity contribution in [3.8, 4) is 0 Å². The summed E-state index contributed by atoms with van der Waals surface area (Å²) in [5.41, 5.74) is 0. The van der Waals surface area contributed by atoms with Crippen LogP contribution >= 0.6 is 0 Å². The smallest absolute Gasteiger partial charge is 0.236 e. The number of amides is 1. The lowest BCUT2D eigenvalue weighted by molar-refractivity contribution is -0.128. The second-order valence-corrected chi connectivity index (χ2v) is 2.95. The zero-order chi connectivity index (χ0) is 9.40. The maximum absolute atomic E-state index is 11.3. The Hall–Kier alpha value is -0.570. The lowest BCUT2D eigenvalue weighted by Gasteiger charge is -2.16. The number of hydrogen-bond acceptors (Lipinski definition) is 2. The molecule has 72 valence electrons. The monoisotopic (exact) mass is 172 g/mol. The van der Waals surface area contributed by atoms with Gasteiger partial charge in [0.2, 0.25) is 5.91 Å². The molecule has 0 spiro atoms. The van der Waals surface area contributed by atoms with Gasteiger partial charge in [-0.1, -0.05) is 20.3 Å². The molecule has 0 aromatic rings. The average molecular weight is 172 g/mol. The lowest BCUT2D eigenvalue weighted by atomic mass is 10.3. The van der Waals surface area contributed by atoms with Crippen molar-refractivity contribution in [1.29, 1.82) is 0 Å². The van der Waals surface area contributed by atoms with Gasteiger partial charge in [0, 0.05) is 13.6 Å². The number of rotatable bonds is 6. The first-order valence-corrected chi connectivity index (χ1v) is 4.67. The fourth-order valence-electron chi connectivity index (χ4n) is 0.887. The zero-order valence-electron chi connectivity index (χ0n) is 8.39. The standard InChI is InChI=1S/C9H20N2O/c1-4-6-7-11(3)9(12)8-10-5-2/h10H,4-8H2,1-3H3. The van der Waals surface area contributed by atoms with Crippen molar-refractivity contribution in [2.24, 2.45) is 0 Å². The molecule has 1 amide bonds. The van der Waals surface area contributed by atoms with Crippen molar-refractivity contribution in [1.82, 2.24) is 10.2 Å². The average Bonchev–Trinajstić information content (AvgIpc) is 2.10. The topological polar surface area (TPSA) is 32.3 Å².